The van der Waals surface area contributed by atoms with E-state index in [0.717, 1.165) is 0 Å². The lowest BCUT2D eigenvalue weighted by Crippen LogP contribution is -2.56. The average molecular weight is 406 g/mol. The highest BCUT2D eigenvalue weighted by atomic mass is 35.5. The normalized spacial score (nSPS) is 14.2. The molecule has 1 N–H and O–H groups in total. The molecule has 0 spiro atoms. The van der Waals surface area contributed by atoms with Crippen LogP contribution in [-0.4, -0.2) is 49.4 Å². The first-order chi connectivity index (χ1) is 13.4. The Balaban J connectivity index is 1.64. The molecule has 1 fully saturated rings. The van der Waals surface area contributed by atoms with Gasteiger partial charge in [-0.2, -0.15) is 0 Å². The summed E-state index contributed by atoms with van der Waals surface area (Å²) in [6.07, 6.45) is 0. The van der Waals surface area contributed by atoms with Crippen molar-refractivity contribution >= 4 is 40.7 Å². The summed E-state index contributed by atoms with van der Waals surface area (Å²) < 4.78 is 18.0. The number of hydrogen-bond acceptors (Lipinski definition) is 4. The Morgan fingerprint density at radius 2 is 1.86 bits per heavy atom. The summed E-state index contributed by atoms with van der Waals surface area (Å²) in [5, 5.41) is 2.88. The van der Waals surface area contributed by atoms with Gasteiger partial charge in [0.15, 0.2) is 0 Å². The van der Waals surface area contributed by atoms with Crippen LogP contribution in [0.15, 0.2) is 42.5 Å². The minimum Gasteiger partial charge on any atom is -0.495 e. The third-order valence-electron chi connectivity index (χ3n) is 4.22. The number of methoxy groups -OCH3 is 1. The first kappa shape index (κ1) is 19.6. The lowest BCUT2D eigenvalue weighted by Gasteiger charge is -2.33. The first-order valence-electron chi connectivity index (χ1n) is 8.39. The predicted octanol–water partition coefficient (Wildman–Crippen LogP) is 2.30. The standard InChI is InChI=1S/C19H17ClFN3O4/c1-28-16-7-6-14(10-15(16)20)24-9-8-23(18(26)19(24)27)11-17(25)22-13-4-2-12(21)3-5-13/h2-7,10H,8-9,11H2,1H3,(H,22,25). The molecule has 28 heavy (non-hydrogen) atoms. The average Bonchev–Trinajstić information content (AvgIpc) is 2.67. The molecule has 1 aliphatic rings. The van der Waals surface area contributed by atoms with E-state index in [0.29, 0.717) is 22.1 Å². The van der Waals surface area contributed by atoms with E-state index in [-0.39, 0.29) is 19.6 Å². The molecule has 0 bridgehead atoms. The van der Waals surface area contributed by atoms with Gasteiger partial charge in [-0.3, -0.25) is 14.4 Å². The van der Waals surface area contributed by atoms with Gasteiger partial charge in [-0.1, -0.05) is 11.6 Å². The second kappa shape index (κ2) is 8.26. The molecule has 3 amide bonds. The summed E-state index contributed by atoms with van der Waals surface area (Å²) in [6.45, 7) is 0.126. The van der Waals surface area contributed by atoms with Crippen LogP contribution < -0.4 is 15.0 Å². The van der Waals surface area contributed by atoms with Gasteiger partial charge in [0.1, 0.15) is 18.1 Å². The third-order valence-corrected chi connectivity index (χ3v) is 4.51. The molecule has 1 aliphatic heterocycles. The fourth-order valence-corrected chi connectivity index (χ4v) is 3.05. The molecule has 3 rings (SSSR count). The van der Waals surface area contributed by atoms with Crippen molar-refractivity contribution in [3.05, 3.63) is 53.3 Å². The van der Waals surface area contributed by atoms with Crippen molar-refractivity contribution in [2.45, 2.75) is 0 Å². The second-order valence-electron chi connectivity index (χ2n) is 6.06. The lowest BCUT2D eigenvalue weighted by molar-refractivity contribution is -0.147. The molecule has 9 heteroatoms. The first-order valence-corrected chi connectivity index (χ1v) is 8.76. The van der Waals surface area contributed by atoms with Gasteiger partial charge in [-0.15, -0.1) is 0 Å². The number of ether oxygens (including phenoxy) is 1. The number of benzene rings is 2. The molecule has 1 heterocycles. The molecule has 2 aromatic rings. The topological polar surface area (TPSA) is 79.0 Å². The van der Waals surface area contributed by atoms with Crippen molar-refractivity contribution in [2.75, 3.05) is 37.0 Å². The quantitative estimate of drug-likeness (QED) is 0.774. The van der Waals surface area contributed by atoms with E-state index in [2.05, 4.69) is 5.32 Å². The largest absolute Gasteiger partial charge is 0.495 e. The number of nitrogens with zero attached hydrogens (tertiary/aromatic N) is 2. The molecule has 0 unspecified atom stereocenters. The highest BCUT2D eigenvalue weighted by molar-refractivity contribution is 6.41. The van der Waals surface area contributed by atoms with Crippen LogP contribution in [0.25, 0.3) is 0 Å². The summed E-state index contributed by atoms with van der Waals surface area (Å²) in [4.78, 5) is 39.5. The van der Waals surface area contributed by atoms with E-state index in [1.807, 2.05) is 0 Å². The Bertz CT molecular complexity index is 920. The number of halogens is 2. The van der Waals surface area contributed by atoms with Gasteiger partial charge < -0.3 is 19.9 Å². The van der Waals surface area contributed by atoms with E-state index in [1.54, 1.807) is 18.2 Å². The summed E-state index contributed by atoms with van der Waals surface area (Å²) in [5.74, 6) is -1.97. The Kier molecular flexibility index (Phi) is 5.79. The highest BCUT2D eigenvalue weighted by Gasteiger charge is 2.34. The fraction of sp³-hybridized carbons (Fsp3) is 0.211. The van der Waals surface area contributed by atoms with Gasteiger partial charge in [-0.25, -0.2) is 4.39 Å². The Hall–Kier alpha value is -3.13. The van der Waals surface area contributed by atoms with Crippen molar-refractivity contribution in [3.63, 3.8) is 0 Å². The second-order valence-corrected chi connectivity index (χ2v) is 6.46. The smallest absolute Gasteiger partial charge is 0.316 e. The summed E-state index contributed by atoms with van der Waals surface area (Å²) in [6, 6.07) is 10.0. The van der Waals surface area contributed by atoms with Crippen molar-refractivity contribution < 1.29 is 23.5 Å². The predicted molar refractivity (Wildman–Crippen MR) is 102 cm³/mol. The summed E-state index contributed by atoms with van der Waals surface area (Å²) in [7, 11) is 1.48. The number of hydrogen-bond donors (Lipinski definition) is 1. The van der Waals surface area contributed by atoms with Gasteiger partial charge >= 0.3 is 11.8 Å². The molecule has 0 atom stereocenters. The number of amides is 3. The van der Waals surface area contributed by atoms with Crippen LogP contribution in [0.4, 0.5) is 15.8 Å². The third kappa shape index (κ3) is 4.23. The Labute approximate surface area is 165 Å². The van der Waals surface area contributed by atoms with Crippen molar-refractivity contribution in [3.8, 4) is 5.75 Å². The number of nitrogens with one attached hydrogen (secondary N) is 1. The number of rotatable bonds is 5. The van der Waals surface area contributed by atoms with Crippen molar-refractivity contribution in [1.82, 2.24) is 4.90 Å². The van der Waals surface area contributed by atoms with Gasteiger partial charge in [0.05, 0.1) is 12.1 Å². The molecule has 2 aromatic carbocycles. The van der Waals surface area contributed by atoms with E-state index in [1.165, 1.54) is 41.2 Å². The van der Waals surface area contributed by atoms with E-state index < -0.39 is 23.5 Å². The molecular formula is C19H17ClFN3O4. The van der Waals surface area contributed by atoms with Crippen molar-refractivity contribution in [1.29, 1.82) is 0 Å². The summed E-state index contributed by atoms with van der Waals surface area (Å²) in [5.41, 5.74) is 0.872. The molecule has 0 saturated carbocycles. The van der Waals surface area contributed by atoms with Gasteiger partial charge in [0.25, 0.3) is 0 Å². The maximum absolute atomic E-state index is 12.9. The monoisotopic (exact) mass is 405 g/mol. The minimum atomic E-state index is -0.785. The lowest BCUT2D eigenvalue weighted by atomic mass is 10.2. The molecule has 146 valence electrons. The molecule has 1 saturated heterocycles. The molecule has 0 radical (unpaired) electrons. The van der Waals surface area contributed by atoms with Gasteiger partial charge in [-0.05, 0) is 42.5 Å². The van der Waals surface area contributed by atoms with E-state index >= 15 is 0 Å². The van der Waals surface area contributed by atoms with Crippen LogP contribution in [0.2, 0.25) is 5.02 Å². The SMILES string of the molecule is COc1ccc(N2CCN(CC(=O)Nc3ccc(F)cc3)C(=O)C2=O)cc1Cl. The molecule has 0 aromatic heterocycles. The molecule has 0 aliphatic carbocycles. The minimum absolute atomic E-state index is 0.186. The highest BCUT2D eigenvalue weighted by Crippen LogP contribution is 2.30. The number of carbonyl (C=O) groups excluding carboxylic acids is 3. The van der Waals surface area contributed by atoms with Crippen LogP contribution >= 0.6 is 11.6 Å². The number of carbonyl (C=O) groups is 3. The van der Waals surface area contributed by atoms with Crippen LogP contribution in [0.1, 0.15) is 0 Å². The Morgan fingerprint density at radius 3 is 2.50 bits per heavy atom. The van der Waals surface area contributed by atoms with Crippen LogP contribution in [0, 0.1) is 5.82 Å². The number of piperazine rings is 1. The fourth-order valence-electron chi connectivity index (χ4n) is 2.80. The zero-order chi connectivity index (χ0) is 20.3. The zero-order valence-corrected chi connectivity index (χ0v) is 15.7. The van der Waals surface area contributed by atoms with Gasteiger partial charge in [0, 0.05) is 24.5 Å². The Morgan fingerprint density at radius 1 is 1.14 bits per heavy atom. The van der Waals surface area contributed by atoms with Crippen molar-refractivity contribution in [2.24, 2.45) is 0 Å². The molecular weight excluding hydrogens is 389 g/mol. The van der Waals surface area contributed by atoms with E-state index in [4.69, 9.17) is 16.3 Å². The number of anilines is 2. The molecule has 7 nitrogen and oxygen atoms in total. The maximum Gasteiger partial charge on any atom is 0.316 e. The summed E-state index contributed by atoms with van der Waals surface area (Å²) >= 11 is 6.08. The van der Waals surface area contributed by atoms with Gasteiger partial charge in [0.2, 0.25) is 5.91 Å². The van der Waals surface area contributed by atoms with Crippen LogP contribution in [0.3, 0.4) is 0 Å². The zero-order valence-electron chi connectivity index (χ0n) is 14.9. The van der Waals surface area contributed by atoms with Crippen LogP contribution in [0.5, 0.6) is 5.75 Å². The maximum atomic E-state index is 12.9. The van der Waals surface area contributed by atoms with Crippen LogP contribution in [-0.2, 0) is 14.4 Å². The van der Waals surface area contributed by atoms with E-state index in [9.17, 15) is 18.8 Å².